The molecule has 0 fully saturated rings. The fourth-order valence-electron chi connectivity index (χ4n) is 4.22. The highest BCUT2D eigenvalue weighted by atomic mass is 31.2. The fraction of sp³-hybridized carbons (Fsp3) is 0.379. The molecule has 0 aliphatic rings. The third-order valence-electron chi connectivity index (χ3n) is 6.40. The summed E-state index contributed by atoms with van der Waals surface area (Å²) in [5, 5.41) is 3.19. The van der Waals surface area contributed by atoms with Gasteiger partial charge in [-0.05, 0) is 98.2 Å². The van der Waals surface area contributed by atoms with E-state index < -0.39 is 7.60 Å². The summed E-state index contributed by atoms with van der Waals surface area (Å²) >= 11 is 0. The average molecular weight is 514 g/mol. The SMILES string of the molecule is Cc1ccc(C(CCCCOc2ccc(CNCCCP(=O)(O)O)cc2)c2cccc(F)c2)cc1C. The van der Waals surface area contributed by atoms with Gasteiger partial charge in [0, 0.05) is 12.5 Å². The van der Waals surface area contributed by atoms with E-state index >= 15 is 0 Å². The predicted octanol–water partition coefficient (Wildman–Crippen LogP) is 6.48. The zero-order chi connectivity index (χ0) is 26.0. The highest BCUT2D eigenvalue weighted by Gasteiger charge is 2.15. The van der Waals surface area contributed by atoms with Crippen molar-refractivity contribution in [2.75, 3.05) is 19.3 Å². The van der Waals surface area contributed by atoms with E-state index in [0.717, 1.165) is 36.1 Å². The molecule has 1 atom stereocenters. The fourth-order valence-corrected chi connectivity index (χ4v) is 4.79. The highest BCUT2D eigenvalue weighted by molar-refractivity contribution is 7.51. The first kappa shape index (κ1) is 28.1. The Morgan fingerprint density at radius 3 is 2.36 bits per heavy atom. The number of nitrogens with one attached hydrogen (secondary N) is 1. The molecular formula is C29H37FNO4P. The smallest absolute Gasteiger partial charge is 0.325 e. The molecule has 194 valence electrons. The van der Waals surface area contributed by atoms with Gasteiger partial charge in [-0.25, -0.2) is 4.39 Å². The minimum atomic E-state index is -3.92. The Labute approximate surface area is 213 Å². The summed E-state index contributed by atoms with van der Waals surface area (Å²) < 4.78 is 30.7. The van der Waals surface area contributed by atoms with Crippen molar-refractivity contribution in [3.05, 3.63) is 100 Å². The van der Waals surface area contributed by atoms with Crippen LogP contribution in [0.5, 0.6) is 5.75 Å². The summed E-state index contributed by atoms with van der Waals surface area (Å²) in [6.45, 7) is 6.03. The Balaban J connectivity index is 1.45. The molecule has 3 aromatic rings. The van der Waals surface area contributed by atoms with Crippen LogP contribution in [0.4, 0.5) is 4.39 Å². The first-order valence-electron chi connectivity index (χ1n) is 12.5. The highest BCUT2D eigenvalue weighted by Crippen LogP contribution is 2.34. The quantitative estimate of drug-likeness (QED) is 0.170. The molecular weight excluding hydrogens is 476 g/mol. The zero-order valence-electron chi connectivity index (χ0n) is 21.1. The molecule has 0 saturated heterocycles. The first-order valence-corrected chi connectivity index (χ1v) is 14.3. The normalized spacial score (nSPS) is 12.5. The van der Waals surface area contributed by atoms with Crippen LogP contribution in [0, 0.1) is 19.7 Å². The van der Waals surface area contributed by atoms with Crippen LogP contribution in [0.25, 0.3) is 0 Å². The molecule has 36 heavy (non-hydrogen) atoms. The van der Waals surface area contributed by atoms with Gasteiger partial charge in [0.2, 0.25) is 0 Å². The summed E-state index contributed by atoms with van der Waals surface area (Å²) in [7, 11) is -3.92. The number of hydrogen-bond acceptors (Lipinski definition) is 3. The minimum Gasteiger partial charge on any atom is -0.494 e. The van der Waals surface area contributed by atoms with E-state index in [1.165, 1.54) is 22.8 Å². The standard InChI is InChI=1S/C29H37FNO4P/c1-22-10-13-26(19-23(22)2)29(25-7-5-8-27(30)20-25)9-3-4-17-35-28-14-11-24(12-15-28)21-31-16-6-18-36(32,33)34/h5,7-8,10-15,19-20,29,31H,3-4,6,9,16-18,21H2,1-2H3,(H2,32,33,34). The molecule has 5 nitrogen and oxygen atoms in total. The summed E-state index contributed by atoms with van der Waals surface area (Å²) in [5.41, 5.74) is 5.81. The van der Waals surface area contributed by atoms with E-state index in [9.17, 15) is 8.96 Å². The van der Waals surface area contributed by atoms with Crippen molar-refractivity contribution in [3.63, 3.8) is 0 Å². The van der Waals surface area contributed by atoms with Gasteiger partial charge in [0.15, 0.2) is 0 Å². The van der Waals surface area contributed by atoms with Crippen molar-refractivity contribution in [1.82, 2.24) is 5.32 Å². The van der Waals surface area contributed by atoms with E-state index in [2.05, 4.69) is 37.4 Å². The van der Waals surface area contributed by atoms with Gasteiger partial charge in [0.05, 0.1) is 12.8 Å². The second-order valence-corrected chi connectivity index (χ2v) is 11.1. The number of halogens is 1. The molecule has 1 unspecified atom stereocenters. The molecule has 0 spiro atoms. The van der Waals surface area contributed by atoms with Gasteiger partial charge < -0.3 is 19.8 Å². The van der Waals surface area contributed by atoms with Crippen molar-refractivity contribution < 1.29 is 23.5 Å². The van der Waals surface area contributed by atoms with Gasteiger partial charge in [0.1, 0.15) is 11.6 Å². The number of benzene rings is 3. The van der Waals surface area contributed by atoms with Gasteiger partial charge in [-0.3, -0.25) is 4.57 Å². The van der Waals surface area contributed by atoms with Crippen LogP contribution < -0.4 is 10.1 Å². The summed E-state index contributed by atoms with van der Waals surface area (Å²) in [6, 6.07) is 21.3. The van der Waals surface area contributed by atoms with E-state index in [-0.39, 0.29) is 17.9 Å². The largest absolute Gasteiger partial charge is 0.494 e. The van der Waals surface area contributed by atoms with Crippen LogP contribution >= 0.6 is 7.60 Å². The lowest BCUT2D eigenvalue weighted by atomic mass is 9.86. The Bertz CT molecular complexity index is 1150. The van der Waals surface area contributed by atoms with Crippen LogP contribution in [-0.2, 0) is 11.1 Å². The monoisotopic (exact) mass is 513 g/mol. The molecule has 0 radical (unpaired) electrons. The van der Waals surface area contributed by atoms with Crippen LogP contribution in [0.15, 0.2) is 66.7 Å². The van der Waals surface area contributed by atoms with Gasteiger partial charge in [-0.15, -0.1) is 0 Å². The molecule has 0 aromatic heterocycles. The molecule has 3 aromatic carbocycles. The lowest BCUT2D eigenvalue weighted by Gasteiger charge is -2.19. The predicted molar refractivity (Wildman–Crippen MR) is 143 cm³/mol. The van der Waals surface area contributed by atoms with E-state index in [1.54, 1.807) is 12.1 Å². The maximum absolute atomic E-state index is 13.9. The van der Waals surface area contributed by atoms with Crippen molar-refractivity contribution in [2.45, 2.75) is 52.0 Å². The molecule has 0 amide bonds. The number of rotatable bonds is 14. The number of ether oxygens (including phenoxy) is 1. The van der Waals surface area contributed by atoms with Crippen molar-refractivity contribution >= 4 is 7.60 Å². The number of unbranched alkanes of at least 4 members (excludes halogenated alkanes) is 1. The average Bonchev–Trinajstić information content (AvgIpc) is 2.83. The van der Waals surface area contributed by atoms with Crippen LogP contribution in [0.2, 0.25) is 0 Å². The van der Waals surface area contributed by atoms with Crippen molar-refractivity contribution in [2.24, 2.45) is 0 Å². The Morgan fingerprint density at radius 2 is 1.67 bits per heavy atom. The van der Waals surface area contributed by atoms with Crippen LogP contribution in [0.3, 0.4) is 0 Å². The maximum atomic E-state index is 13.9. The van der Waals surface area contributed by atoms with Crippen molar-refractivity contribution in [3.8, 4) is 5.75 Å². The molecule has 3 N–H and O–H groups in total. The van der Waals surface area contributed by atoms with Gasteiger partial charge in [-0.2, -0.15) is 0 Å². The molecule has 3 rings (SSSR count). The zero-order valence-corrected chi connectivity index (χ0v) is 22.0. The van der Waals surface area contributed by atoms with Gasteiger partial charge in [0.25, 0.3) is 0 Å². The van der Waals surface area contributed by atoms with Crippen LogP contribution in [0.1, 0.15) is 59.4 Å². The molecule has 0 aliphatic heterocycles. The van der Waals surface area contributed by atoms with E-state index in [0.29, 0.717) is 26.1 Å². The minimum absolute atomic E-state index is 0.0968. The Kier molecular flexibility index (Phi) is 10.7. The number of hydrogen-bond donors (Lipinski definition) is 3. The molecule has 0 aliphatic carbocycles. The van der Waals surface area contributed by atoms with Gasteiger partial charge in [-0.1, -0.05) is 42.5 Å². The summed E-state index contributed by atoms with van der Waals surface area (Å²) in [6.07, 6.45) is 3.13. The molecule has 0 heterocycles. The summed E-state index contributed by atoms with van der Waals surface area (Å²) in [4.78, 5) is 17.8. The second-order valence-electron chi connectivity index (χ2n) is 9.36. The first-order chi connectivity index (χ1) is 17.2. The number of aryl methyl sites for hydroxylation is 2. The molecule has 0 bridgehead atoms. The molecule has 0 saturated carbocycles. The third kappa shape index (κ3) is 9.51. The molecule has 7 heteroatoms. The maximum Gasteiger partial charge on any atom is 0.325 e. The lowest BCUT2D eigenvalue weighted by molar-refractivity contribution is 0.304. The lowest BCUT2D eigenvalue weighted by Crippen LogP contribution is -2.15. The Hall–Kier alpha value is -2.50. The van der Waals surface area contributed by atoms with E-state index in [1.807, 2.05) is 30.3 Å². The van der Waals surface area contributed by atoms with Crippen molar-refractivity contribution in [1.29, 1.82) is 0 Å². The summed E-state index contributed by atoms with van der Waals surface area (Å²) in [5.74, 6) is 0.758. The van der Waals surface area contributed by atoms with Gasteiger partial charge >= 0.3 is 7.60 Å². The van der Waals surface area contributed by atoms with Crippen LogP contribution in [-0.4, -0.2) is 29.1 Å². The topological polar surface area (TPSA) is 78.8 Å². The van der Waals surface area contributed by atoms with E-state index in [4.69, 9.17) is 14.5 Å². The second kappa shape index (κ2) is 13.7. The third-order valence-corrected chi connectivity index (χ3v) is 7.29. The Morgan fingerprint density at radius 1 is 0.917 bits per heavy atom.